The largest absolute Gasteiger partial charge is 0.353 e. The fraction of sp³-hybridized carbons (Fsp3) is 0.667. The van der Waals surface area contributed by atoms with Crippen molar-refractivity contribution < 1.29 is 4.79 Å². The zero-order chi connectivity index (χ0) is 18.6. The van der Waals surface area contributed by atoms with Crippen molar-refractivity contribution in [1.82, 2.24) is 30.0 Å². The van der Waals surface area contributed by atoms with E-state index in [1.807, 2.05) is 19.4 Å². The number of carbonyl (C=O) groups excluding carboxylic acids is 1. The van der Waals surface area contributed by atoms with Gasteiger partial charge in [0.2, 0.25) is 11.0 Å². The number of carbonyl (C=O) groups is 1. The molecule has 1 amide bonds. The van der Waals surface area contributed by atoms with Gasteiger partial charge in [0.25, 0.3) is 0 Å². The number of nitrogens with zero attached hydrogens (tertiary/aromatic N) is 6. The first kappa shape index (κ1) is 18.4. The second-order valence-corrected chi connectivity index (χ2v) is 8.46. The van der Waals surface area contributed by atoms with E-state index in [1.165, 1.54) is 12.8 Å². The molecule has 8 nitrogen and oxygen atoms in total. The molecule has 0 bridgehead atoms. The van der Waals surface area contributed by atoms with Gasteiger partial charge in [0, 0.05) is 51.7 Å². The maximum absolute atomic E-state index is 12.2. The summed E-state index contributed by atoms with van der Waals surface area (Å²) in [5.41, 5.74) is 0. The Labute approximate surface area is 163 Å². The van der Waals surface area contributed by atoms with E-state index in [2.05, 4.69) is 34.9 Å². The lowest BCUT2D eigenvalue weighted by molar-refractivity contribution is -0.121. The van der Waals surface area contributed by atoms with Crippen LogP contribution in [0.3, 0.4) is 0 Å². The monoisotopic (exact) mass is 389 g/mol. The van der Waals surface area contributed by atoms with Gasteiger partial charge in [0.1, 0.15) is 10.8 Å². The number of amides is 1. The van der Waals surface area contributed by atoms with Gasteiger partial charge < -0.3 is 14.8 Å². The first-order chi connectivity index (χ1) is 13.2. The van der Waals surface area contributed by atoms with E-state index in [-0.39, 0.29) is 5.91 Å². The number of aryl methyl sites for hydroxylation is 1. The molecule has 2 fully saturated rings. The summed E-state index contributed by atoms with van der Waals surface area (Å²) in [5, 5.41) is 13.4. The average Bonchev–Trinajstić information content (AvgIpc) is 3.40. The second kappa shape index (κ2) is 8.35. The number of nitrogens with one attached hydrogen (secondary N) is 1. The number of aromatic nitrogens is 4. The van der Waals surface area contributed by atoms with Crippen LogP contribution in [0.25, 0.3) is 0 Å². The molecule has 2 aromatic rings. The van der Waals surface area contributed by atoms with Gasteiger partial charge in [-0.3, -0.25) is 9.69 Å². The van der Waals surface area contributed by atoms with E-state index in [4.69, 9.17) is 0 Å². The molecule has 27 heavy (non-hydrogen) atoms. The molecule has 0 spiro atoms. The molecule has 1 aliphatic carbocycles. The van der Waals surface area contributed by atoms with Crippen LogP contribution >= 0.6 is 11.3 Å². The van der Waals surface area contributed by atoms with Crippen molar-refractivity contribution in [3.63, 3.8) is 0 Å². The second-order valence-electron chi connectivity index (χ2n) is 7.42. The number of hydrogen-bond acceptors (Lipinski definition) is 7. The number of hydrogen-bond donors (Lipinski definition) is 1. The Balaban J connectivity index is 1.25. The standard InChI is InChI=1S/C18H27N7OS/c1-23-7-6-19-15(23)13-24-8-10-25(11-9-24)18-22-21-17(27-18)12-16(26)20-14-4-2-3-5-14/h6-7,14H,2-5,8-13H2,1H3,(H,20,26). The first-order valence-corrected chi connectivity index (χ1v) is 10.5. The highest BCUT2D eigenvalue weighted by Crippen LogP contribution is 2.23. The van der Waals surface area contributed by atoms with Crippen molar-refractivity contribution in [3.05, 3.63) is 23.2 Å². The van der Waals surface area contributed by atoms with E-state index < -0.39 is 0 Å². The minimum Gasteiger partial charge on any atom is -0.353 e. The number of anilines is 1. The Morgan fingerprint density at radius 2 is 2.00 bits per heavy atom. The molecule has 0 aromatic carbocycles. The topological polar surface area (TPSA) is 79.2 Å². The van der Waals surface area contributed by atoms with E-state index in [9.17, 15) is 4.79 Å². The summed E-state index contributed by atoms with van der Waals surface area (Å²) < 4.78 is 2.07. The van der Waals surface area contributed by atoms with Crippen LogP contribution in [-0.4, -0.2) is 62.8 Å². The van der Waals surface area contributed by atoms with Crippen LogP contribution in [0.15, 0.2) is 12.4 Å². The van der Waals surface area contributed by atoms with Crippen LogP contribution in [0.2, 0.25) is 0 Å². The number of imidazole rings is 1. The zero-order valence-electron chi connectivity index (χ0n) is 15.8. The fourth-order valence-electron chi connectivity index (χ4n) is 3.78. The van der Waals surface area contributed by atoms with Gasteiger partial charge in [-0.05, 0) is 12.8 Å². The van der Waals surface area contributed by atoms with Gasteiger partial charge in [-0.25, -0.2) is 4.98 Å². The Morgan fingerprint density at radius 1 is 1.22 bits per heavy atom. The van der Waals surface area contributed by atoms with Gasteiger partial charge in [0.05, 0.1) is 13.0 Å². The van der Waals surface area contributed by atoms with E-state index in [0.717, 1.165) is 61.5 Å². The third-order valence-corrected chi connectivity index (χ3v) is 6.40. The molecule has 1 saturated carbocycles. The summed E-state index contributed by atoms with van der Waals surface area (Å²) in [6.45, 7) is 4.68. The summed E-state index contributed by atoms with van der Waals surface area (Å²) in [4.78, 5) is 21.3. The van der Waals surface area contributed by atoms with Gasteiger partial charge in [-0.1, -0.05) is 24.2 Å². The minimum absolute atomic E-state index is 0.0736. The van der Waals surface area contributed by atoms with Crippen LogP contribution in [-0.2, 0) is 24.8 Å². The van der Waals surface area contributed by atoms with Crippen molar-refractivity contribution in [2.24, 2.45) is 7.05 Å². The Kier molecular flexibility index (Phi) is 5.68. The molecule has 4 rings (SSSR count). The summed E-state index contributed by atoms with van der Waals surface area (Å²) in [5.74, 6) is 1.17. The molecule has 1 saturated heterocycles. The van der Waals surface area contributed by atoms with Crippen LogP contribution in [0.4, 0.5) is 5.13 Å². The summed E-state index contributed by atoms with van der Waals surface area (Å²) in [7, 11) is 2.03. The van der Waals surface area contributed by atoms with Crippen molar-refractivity contribution in [2.45, 2.75) is 44.7 Å². The Bertz CT molecular complexity index is 759. The number of rotatable bonds is 6. The highest BCUT2D eigenvalue weighted by molar-refractivity contribution is 7.15. The van der Waals surface area contributed by atoms with Gasteiger partial charge in [-0.15, -0.1) is 10.2 Å². The lowest BCUT2D eigenvalue weighted by atomic mass is 10.2. The molecule has 0 unspecified atom stereocenters. The van der Waals surface area contributed by atoms with E-state index >= 15 is 0 Å². The molecule has 1 N–H and O–H groups in total. The summed E-state index contributed by atoms with van der Waals surface area (Å²) in [6, 6.07) is 0.358. The van der Waals surface area contributed by atoms with Gasteiger partial charge in [-0.2, -0.15) is 0 Å². The molecular weight excluding hydrogens is 362 g/mol. The molecule has 2 aliphatic rings. The molecule has 1 aliphatic heterocycles. The predicted molar refractivity (Wildman–Crippen MR) is 105 cm³/mol. The highest BCUT2D eigenvalue weighted by Gasteiger charge is 2.22. The van der Waals surface area contributed by atoms with E-state index in [1.54, 1.807) is 11.3 Å². The number of piperazine rings is 1. The van der Waals surface area contributed by atoms with Crippen LogP contribution in [0, 0.1) is 0 Å². The maximum atomic E-state index is 12.2. The fourth-order valence-corrected chi connectivity index (χ4v) is 4.67. The van der Waals surface area contributed by atoms with Crippen LogP contribution in [0.1, 0.15) is 36.5 Å². The molecular formula is C18H27N7OS. The molecule has 146 valence electrons. The first-order valence-electron chi connectivity index (χ1n) is 9.72. The predicted octanol–water partition coefficient (Wildman–Crippen LogP) is 1.20. The SMILES string of the molecule is Cn1ccnc1CN1CCN(c2nnc(CC(=O)NC3CCCC3)s2)CC1. The zero-order valence-corrected chi connectivity index (χ0v) is 16.6. The van der Waals surface area contributed by atoms with Crippen LogP contribution in [0.5, 0.6) is 0 Å². The normalized spacial score (nSPS) is 18.9. The third kappa shape index (κ3) is 4.65. The van der Waals surface area contributed by atoms with Crippen molar-refractivity contribution >= 4 is 22.4 Å². The quantitative estimate of drug-likeness (QED) is 0.800. The minimum atomic E-state index is 0.0736. The molecule has 2 aromatic heterocycles. The van der Waals surface area contributed by atoms with Crippen molar-refractivity contribution in [3.8, 4) is 0 Å². The van der Waals surface area contributed by atoms with Gasteiger partial charge in [0.15, 0.2) is 0 Å². The third-order valence-electron chi connectivity index (χ3n) is 5.42. The lowest BCUT2D eigenvalue weighted by Crippen LogP contribution is -2.46. The molecule has 0 atom stereocenters. The molecule has 9 heteroatoms. The van der Waals surface area contributed by atoms with Crippen molar-refractivity contribution in [2.75, 3.05) is 31.1 Å². The average molecular weight is 390 g/mol. The smallest absolute Gasteiger partial charge is 0.227 e. The Morgan fingerprint density at radius 3 is 2.70 bits per heavy atom. The molecule has 0 radical (unpaired) electrons. The summed E-state index contributed by atoms with van der Waals surface area (Å²) in [6.07, 6.45) is 8.83. The van der Waals surface area contributed by atoms with Crippen LogP contribution < -0.4 is 10.2 Å². The summed E-state index contributed by atoms with van der Waals surface area (Å²) >= 11 is 1.54. The van der Waals surface area contributed by atoms with Gasteiger partial charge >= 0.3 is 0 Å². The maximum Gasteiger partial charge on any atom is 0.227 e. The highest BCUT2D eigenvalue weighted by atomic mass is 32.1. The van der Waals surface area contributed by atoms with E-state index in [0.29, 0.717) is 12.5 Å². The lowest BCUT2D eigenvalue weighted by Gasteiger charge is -2.33. The molecule has 3 heterocycles. The van der Waals surface area contributed by atoms with Crippen molar-refractivity contribution in [1.29, 1.82) is 0 Å². The Hall–Kier alpha value is -2.00.